The molecule has 0 amide bonds. The van der Waals surface area contributed by atoms with Crippen molar-refractivity contribution in [3.8, 4) is 5.75 Å². The first-order valence-corrected chi connectivity index (χ1v) is 6.41. The van der Waals surface area contributed by atoms with Crippen LogP contribution >= 0.6 is 0 Å². The summed E-state index contributed by atoms with van der Waals surface area (Å²) in [5.41, 5.74) is 4.04. The molecule has 0 saturated carbocycles. The van der Waals surface area contributed by atoms with E-state index in [4.69, 9.17) is 4.74 Å². The van der Waals surface area contributed by atoms with Gasteiger partial charge in [0.2, 0.25) is 0 Å². The zero-order chi connectivity index (χ0) is 12.1. The van der Waals surface area contributed by atoms with E-state index in [9.17, 15) is 0 Å². The van der Waals surface area contributed by atoms with Crippen molar-refractivity contribution in [1.82, 2.24) is 5.32 Å². The lowest BCUT2D eigenvalue weighted by Gasteiger charge is -2.10. The van der Waals surface area contributed by atoms with Gasteiger partial charge in [-0.2, -0.15) is 0 Å². The second-order valence-electron chi connectivity index (χ2n) is 4.60. The average Bonchev–Trinajstić information content (AvgIpc) is 2.81. The highest BCUT2D eigenvalue weighted by atomic mass is 16.5. The molecule has 0 heterocycles. The Morgan fingerprint density at radius 3 is 3.00 bits per heavy atom. The molecule has 0 bridgehead atoms. The van der Waals surface area contributed by atoms with Gasteiger partial charge in [0.15, 0.2) is 0 Å². The number of ether oxygens (including phenoxy) is 1. The molecule has 0 fully saturated rings. The number of benzene rings is 1. The van der Waals surface area contributed by atoms with E-state index < -0.39 is 0 Å². The van der Waals surface area contributed by atoms with Crippen LogP contribution in [-0.4, -0.2) is 19.7 Å². The van der Waals surface area contributed by atoms with Gasteiger partial charge in [0.25, 0.3) is 0 Å². The maximum absolute atomic E-state index is 5.75. The van der Waals surface area contributed by atoms with Crippen molar-refractivity contribution in [3.05, 3.63) is 41.5 Å². The number of hydrogen-bond acceptors (Lipinski definition) is 2. The van der Waals surface area contributed by atoms with Crippen LogP contribution in [0.2, 0.25) is 0 Å². The normalized spacial score (nSPS) is 13.5. The standard InChI is InChI=1S/C15H21NO/c1-3-16-10-12(2)11-17-15-8-7-13-5-4-6-14(13)9-15/h7-9,16H,2-6,10-11H2,1H3. The lowest BCUT2D eigenvalue weighted by molar-refractivity contribution is 0.348. The van der Waals surface area contributed by atoms with Crippen LogP contribution < -0.4 is 10.1 Å². The van der Waals surface area contributed by atoms with Crippen molar-refractivity contribution in [2.75, 3.05) is 19.7 Å². The second kappa shape index (κ2) is 5.87. The van der Waals surface area contributed by atoms with E-state index in [1.807, 2.05) is 0 Å². The van der Waals surface area contributed by atoms with Gasteiger partial charge in [0, 0.05) is 6.54 Å². The molecule has 2 heteroatoms. The number of fused-ring (bicyclic) bond motifs is 1. The highest BCUT2D eigenvalue weighted by Gasteiger charge is 2.11. The predicted molar refractivity (Wildman–Crippen MR) is 71.6 cm³/mol. The van der Waals surface area contributed by atoms with E-state index in [2.05, 4.69) is 37.0 Å². The van der Waals surface area contributed by atoms with E-state index in [0.717, 1.165) is 24.4 Å². The zero-order valence-electron chi connectivity index (χ0n) is 10.6. The molecule has 1 aromatic rings. The number of rotatable bonds is 6. The topological polar surface area (TPSA) is 21.3 Å². The van der Waals surface area contributed by atoms with E-state index in [1.54, 1.807) is 0 Å². The number of hydrogen-bond donors (Lipinski definition) is 1. The maximum atomic E-state index is 5.75. The Hall–Kier alpha value is -1.28. The Labute approximate surface area is 104 Å². The predicted octanol–water partition coefficient (Wildman–Crippen LogP) is 2.72. The molecule has 92 valence electrons. The summed E-state index contributed by atoms with van der Waals surface area (Å²) in [5, 5.41) is 3.25. The molecule has 0 aliphatic heterocycles. The van der Waals surface area contributed by atoms with Crippen LogP contribution in [0.15, 0.2) is 30.4 Å². The molecule has 1 N–H and O–H groups in total. The Balaban J connectivity index is 1.85. The minimum Gasteiger partial charge on any atom is -0.489 e. The second-order valence-corrected chi connectivity index (χ2v) is 4.60. The molecule has 0 spiro atoms. The number of likely N-dealkylation sites (N-methyl/N-ethyl adjacent to an activating group) is 1. The van der Waals surface area contributed by atoms with Gasteiger partial charge in [0.05, 0.1) is 0 Å². The van der Waals surface area contributed by atoms with Crippen molar-refractivity contribution in [2.45, 2.75) is 26.2 Å². The third-order valence-electron chi connectivity index (χ3n) is 3.14. The molecular formula is C15H21NO. The van der Waals surface area contributed by atoms with Crippen LogP contribution in [0.3, 0.4) is 0 Å². The Morgan fingerprint density at radius 2 is 2.18 bits per heavy atom. The molecule has 2 nitrogen and oxygen atoms in total. The number of nitrogens with one attached hydrogen (secondary N) is 1. The van der Waals surface area contributed by atoms with Gasteiger partial charge in [-0.1, -0.05) is 19.6 Å². The SMILES string of the molecule is C=C(CNCC)COc1ccc2c(c1)CCC2. The van der Waals surface area contributed by atoms with Crippen molar-refractivity contribution in [1.29, 1.82) is 0 Å². The molecule has 1 aliphatic carbocycles. The van der Waals surface area contributed by atoms with Crippen LogP contribution in [0, 0.1) is 0 Å². The molecule has 0 aromatic heterocycles. The van der Waals surface area contributed by atoms with Crippen LogP contribution in [0.1, 0.15) is 24.5 Å². The summed E-state index contributed by atoms with van der Waals surface area (Å²) in [6, 6.07) is 6.46. The largest absolute Gasteiger partial charge is 0.489 e. The minimum atomic E-state index is 0.603. The van der Waals surface area contributed by atoms with Gasteiger partial charge >= 0.3 is 0 Å². The molecule has 0 radical (unpaired) electrons. The summed E-state index contributed by atoms with van der Waals surface area (Å²) in [7, 11) is 0. The van der Waals surface area contributed by atoms with E-state index >= 15 is 0 Å². The summed E-state index contributed by atoms with van der Waals surface area (Å²) < 4.78 is 5.75. The summed E-state index contributed by atoms with van der Waals surface area (Å²) in [4.78, 5) is 0. The summed E-state index contributed by atoms with van der Waals surface area (Å²) in [6.07, 6.45) is 3.71. The van der Waals surface area contributed by atoms with Crippen molar-refractivity contribution in [3.63, 3.8) is 0 Å². The van der Waals surface area contributed by atoms with Crippen LogP contribution in [0.4, 0.5) is 0 Å². The smallest absolute Gasteiger partial charge is 0.120 e. The quantitative estimate of drug-likeness (QED) is 0.760. The number of aryl methyl sites for hydroxylation is 2. The summed E-state index contributed by atoms with van der Waals surface area (Å²) in [6.45, 7) is 8.49. The first-order valence-electron chi connectivity index (χ1n) is 6.41. The van der Waals surface area contributed by atoms with Gasteiger partial charge < -0.3 is 10.1 Å². The monoisotopic (exact) mass is 231 g/mol. The molecule has 0 unspecified atom stereocenters. The molecule has 2 rings (SSSR count). The Kier molecular flexibility index (Phi) is 4.21. The first kappa shape index (κ1) is 12.2. The van der Waals surface area contributed by atoms with Crippen LogP contribution in [0.25, 0.3) is 0 Å². The Morgan fingerprint density at radius 1 is 1.35 bits per heavy atom. The summed E-state index contributed by atoms with van der Waals surface area (Å²) >= 11 is 0. The van der Waals surface area contributed by atoms with Gasteiger partial charge in [-0.25, -0.2) is 0 Å². The first-order chi connectivity index (χ1) is 8.29. The highest BCUT2D eigenvalue weighted by Crippen LogP contribution is 2.26. The zero-order valence-corrected chi connectivity index (χ0v) is 10.6. The molecular weight excluding hydrogens is 210 g/mol. The fourth-order valence-corrected chi connectivity index (χ4v) is 2.18. The van der Waals surface area contributed by atoms with Crippen LogP contribution in [0.5, 0.6) is 5.75 Å². The lowest BCUT2D eigenvalue weighted by Crippen LogP contribution is -2.18. The van der Waals surface area contributed by atoms with E-state index in [1.165, 1.54) is 30.4 Å². The molecule has 1 aliphatic rings. The molecule has 0 atom stereocenters. The summed E-state index contributed by atoms with van der Waals surface area (Å²) in [5.74, 6) is 0.975. The Bertz CT molecular complexity index is 398. The fourth-order valence-electron chi connectivity index (χ4n) is 2.18. The third kappa shape index (κ3) is 3.34. The highest BCUT2D eigenvalue weighted by molar-refractivity contribution is 5.38. The third-order valence-corrected chi connectivity index (χ3v) is 3.14. The van der Waals surface area contributed by atoms with Gasteiger partial charge in [0.1, 0.15) is 12.4 Å². The van der Waals surface area contributed by atoms with E-state index in [-0.39, 0.29) is 0 Å². The molecule has 0 saturated heterocycles. The average molecular weight is 231 g/mol. The van der Waals surface area contributed by atoms with Gasteiger partial charge in [-0.05, 0) is 54.6 Å². The van der Waals surface area contributed by atoms with Crippen molar-refractivity contribution >= 4 is 0 Å². The lowest BCUT2D eigenvalue weighted by atomic mass is 10.1. The van der Waals surface area contributed by atoms with Crippen LogP contribution in [-0.2, 0) is 12.8 Å². The fraction of sp³-hybridized carbons (Fsp3) is 0.467. The molecule has 1 aromatic carbocycles. The van der Waals surface area contributed by atoms with Gasteiger partial charge in [-0.3, -0.25) is 0 Å². The van der Waals surface area contributed by atoms with Crippen molar-refractivity contribution < 1.29 is 4.74 Å². The van der Waals surface area contributed by atoms with Crippen molar-refractivity contribution in [2.24, 2.45) is 0 Å². The van der Waals surface area contributed by atoms with Gasteiger partial charge in [-0.15, -0.1) is 0 Å². The van der Waals surface area contributed by atoms with E-state index in [0.29, 0.717) is 6.61 Å². The molecule has 17 heavy (non-hydrogen) atoms. The maximum Gasteiger partial charge on any atom is 0.120 e. The minimum absolute atomic E-state index is 0.603.